The third-order valence-corrected chi connectivity index (χ3v) is 6.42. The lowest BCUT2D eigenvalue weighted by Crippen LogP contribution is -2.76. The highest BCUT2D eigenvalue weighted by Crippen LogP contribution is 2.48. The number of carbonyl (C=O) groups excluding carboxylic acids is 3. The normalized spacial score (nSPS) is 32.4. The highest BCUT2D eigenvalue weighted by molar-refractivity contribution is 8.02. The molecule has 0 radical (unpaired) electrons. The molecule has 0 aromatic rings. The third kappa shape index (κ3) is 2.85. The van der Waals surface area contributed by atoms with Crippen LogP contribution in [0.4, 0.5) is 4.79 Å². The van der Waals surface area contributed by atoms with Crippen molar-refractivity contribution in [2.45, 2.75) is 42.8 Å². The van der Waals surface area contributed by atoms with Crippen LogP contribution in [0.15, 0.2) is 11.0 Å². The number of hydrogen-bond donors (Lipinski definition) is 2. The molecule has 2 unspecified atom stereocenters. The molecule has 3 aliphatic rings. The Labute approximate surface area is 159 Å². The molecule has 3 amide bonds. The van der Waals surface area contributed by atoms with Gasteiger partial charge in [0.25, 0.3) is 5.91 Å². The molecule has 11 heteroatoms. The quantitative estimate of drug-likeness (QED) is 0.476. The Morgan fingerprint density at radius 3 is 2.70 bits per heavy atom. The summed E-state index contributed by atoms with van der Waals surface area (Å²) < 4.78 is 10.3. The Bertz CT molecular complexity index is 727. The maximum absolute atomic E-state index is 12.6. The number of rotatable bonds is 5. The van der Waals surface area contributed by atoms with Crippen LogP contribution in [0.2, 0.25) is 0 Å². The SMILES string of the molecule is CO[C@H]1C(=O)N2C1SC=C(COC(C)=O)C2[C@]1(C(=O)O)CCCN1C(N)=O. The number of β-lactam (4-membered cyclic amide) rings is 1. The molecule has 4 atom stereocenters. The van der Waals surface area contributed by atoms with Gasteiger partial charge in [0.15, 0.2) is 11.6 Å². The van der Waals surface area contributed by atoms with Crippen molar-refractivity contribution in [3.05, 3.63) is 11.0 Å². The summed E-state index contributed by atoms with van der Waals surface area (Å²) in [6, 6.07) is -1.86. The number of hydrogen-bond acceptors (Lipinski definition) is 7. The molecule has 3 aliphatic heterocycles. The number of carboxylic acids is 1. The Hall–Kier alpha value is -2.27. The van der Waals surface area contributed by atoms with Gasteiger partial charge in [0.05, 0.1) is 6.04 Å². The van der Waals surface area contributed by atoms with Crippen molar-refractivity contribution in [1.29, 1.82) is 0 Å². The summed E-state index contributed by atoms with van der Waals surface area (Å²) in [5, 5.41) is 11.4. The van der Waals surface area contributed by atoms with E-state index in [1.165, 1.54) is 30.7 Å². The number of carboxylic acid groups (broad SMARTS) is 1. The Balaban J connectivity index is 2.08. The van der Waals surface area contributed by atoms with Crippen molar-refractivity contribution in [1.82, 2.24) is 9.80 Å². The number of ether oxygens (including phenoxy) is 2. The van der Waals surface area contributed by atoms with E-state index >= 15 is 0 Å². The number of primary amides is 1. The maximum Gasteiger partial charge on any atom is 0.332 e. The lowest BCUT2D eigenvalue weighted by Gasteiger charge is -2.56. The topological polar surface area (TPSA) is 139 Å². The fraction of sp³-hybridized carbons (Fsp3) is 0.625. The minimum atomic E-state index is -1.72. The first-order valence-corrected chi connectivity index (χ1v) is 9.33. The van der Waals surface area contributed by atoms with Crippen molar-refractivity contribution in [3.8, 4) is 0 Å². The van der Waals surface area contributed by atoms with Crippen LogP contribution in [0.3, 0.4) is 0 Å². The Morgan fingerprint density at radius 1 is 1.44 bits per heavy atom. The second-order valence-electron chi connectivity index (χ2n) is 6.63. The first-order chi connectivity index (χ1) is 12.8. The van der Waals surface area contributed by atoms with Crippen LogP contribution < -0.4 is 5.73 Å². The summed E-state index contributed by atoms with van der Waals surface area (Å²) in [4.78, 5) is 50.8. The summed E-state index contributed by atoms with van der Waals surface area (Å²) in [5.41, 5.74) is 4.18. The van der Waals surface area contributed by atoms with Crippen LogP contribution in [0, 0.1) is 0 Å². The van der Waals surface area contributed by atoms with E-state index in [0.717, 1.165) is 4.90 Å². The van der Waals surface area contributed by atoms with Gasteiger partial charge in [-0.3, -0.25) is 9.59 Å². The van der Waals surface area contributed by atoms with Crippen molar-refractivity contribution in [2.24, 2.45) is 5.73 Å². The highest BCUT2D eigenvalue weighted by atomic mass is 32.2. The van der Waals surface area contributed by atoms with Crippen molar-refractivity contribution >= 4 is 35.6 Å². The number of nitrogens with two attached hydrogens (primary N) is 1. The first-order valence-electron chi connectivity index (χ1n) is 8.39. The molecule has 0 saturated carbocycles. The zero-order chi connectivity index (χ0) is 19.9. The average Bonchev–Trinajstić information content (AvgIpc) is 3.05. The number of esters is 1. The molecule has 3 heterocycles. The van der Waals surface area contributed by atoms with Crippen molar-refractivity contribution in [2.75, 3.05) is 20.3 Å². The van der Waals surface area contributed by atoms with E-state index < -0.39 is 41.0 Å². The summed E-state index contributed by atoms with van der Waals surface area (Å²) in [5.74, 6) is -2.16. The molecule has 148 valence electrons. The van der Waals surface area contributed by atoms with Crippen LogP contribution in [-0.2, 0) is 23.9 Å². The fourth-order valence-electron chi connectivity index (χ4n) is 4.09. The summed E-state index contributed by atoms with van der Waals surface area (Å²) in [7, 11) is 1.41. The van der Waals surface area contributed by atoms with Crippen LogP contribution in [-0.4, -0.2) is 82.1 Å². The highest BCUT2D eigenvalue weighted by Gasteiger charge is 2.65. The van der Waals surface area contributed by atoms with Crippen molar-refractivity contribution in [3.63, 3.8) is 0 Å². The van der Waals surface area contributed by atoms with Gasteiger partial charge in [-0.1, -0.05) is 0 Å². The van der Waals surface area contributed by atoms with Crippen LogP contribution in [0.5, 0.6) is 0 Å². The van der Waals surface area contributed by atoms with Gasteiger partial charge in [-0.2, -0.15) is 0 Å². The van der Waals surface area contributed by atoms with Crippen molar-refractivity contribution < 1.29 is 33.8 Å². The summed E-state index contributed by atoms with van der Waals surface area (Å²) in [6.45, 7) is 1.23. The summed E-state index contributed by atoms with van der Waals surface area (Å²) >= 11 is 1.29. The summed E-state index contributed by atoms with van der Waals surface area (Å²) in [6.07, 6.45) is -0.134. The van der Waals surface area contributed by atoms with E-state index in [1.807, 2.05) is 0 Å². The lowest BCUT2D eigenvalue weighted by molar-refractivity contribution is -0.174. The number of carbonyl (C=O) groups is 4. The molecule has 3 rings (SSSR count). The second-order valence-corrected chi connectivity index (χ2v) is 7.62. The average molecular weight is 399 g/mol. The number of amides is 3. The van der Waals surface area contributed by atoms with Gasteiger partial charge in [0.2, 0.25) is 0 Å². The van der Waals surface area contributed by atoms with Gasteiger partial charge in [-0.05, 0) is 23.8 Å². The van der Waals surface area contributed by atoms with E-state index in [4.69, 9.17) is 15.2 Å². The Morgan fingerprint density at radius 2 is 2.15 bits per heavy atom. The predicted octanol–water partition coefficient (Wildman–Crippen LogP) is -0.270. The second kappa shape index (κ2) is 7.04. The number of likely N-dealkylation sites (tertiary alicyclic amines) is 1. The van der Waals surface area contributed by atoms with Gasteiger partial charge < -0.3 is 30.1 Å². The van der Waals surface area contributed by atoms with Gasteiger partial charge in [0, 0.05) is 20.6 Å². The van der Waals surface area contributed by atoms with Gasteiger partial charge in [-0.25, -0.2) is 9.59 Å². The molecule has 10 nitrogen and oxygen atoms in total. The van der Waals surface area contributed by atoms with Crippen LogP contribution in [0.1, 0.15) is 19.8 Å². The fourth-order valence-corrected chi connectivity index (χ4v) is 5.33. The minimum absolute atomic E-state index is 0.131. The van der Waals surface area contributed by atoms with Crippen LogP contribution >= 0.6 is 11.8 Å². The number of fused-ring (bicyclic) bond motifs is 1. The number of urea groups is 1. The number of aliphatic carboxylic acids is 1. The monoisotopic (exact) mass is 399 g/mol. The Kier molecular flexibility index (Phi) is 5.08. The zero-order valence-electron chi connectivity index (χ0n) is 14.9. The molecule has 0 bridgehead atoms. The third-order valence-electron chi connectivity index (χ3n) is 5.23. The zero-order valence-corrected chi connectivity index (χ0v) is 15.7. The molecule has 2 saturated heterocycles. The standard InChI is InChI=1S/C16H21N3O7S/c1-8(20)26-6-9-7-27-13-10(25-2)12(21)19(13)11(9)16(14(22)23)4-3-5-18(16)15(17)24/h7,10-11,13H,3-6H2,1-2H3,(H2,17,24)(H,22,23)/t10-,11?,13?,16-/m0/s1. The van der Waals surface area contributed by atoms with E-state index in [9.17, 15) is 24.3 Å². The molecule has 0 spiro atoms. The largest absolute Gasteiger partial charge is 0.479 e. The van der Waals surface area contributed by atoms with Gasteiger partial charge in [-0.15, -0.1) is 11.8 Å². The molecule has 0 aromatic heterocycles. The first kappa shape index (κ1) is 19.5. The lowest BCUT2D eigenvalue weighted by atomic mass is 9.80. The molecule has 3 N–H and O–H groups in total. The number of thioether (sulfide) groups is 1. The van der Waals surface area contributed by atoms with E-state index in [2.05, 4.69) is 0 Å². The molecular formula is C16H21N3O7S. The molecule has 2 fully saturated rings. The number of nitrogens with zero attached hydrogens (tertiary/aromatic N) is 2. The van der Waals surface area contributed by atoms with E-state index in [0.29, 0.717) is 12.0 Å². The molecular weight excluding hydrogens is 378 g/mol. The van der Waals surface area contributed by atoms with Gasteiger partial charge in [0.1, 0.15) is 12.0 Å². The van der Waals surface area contributed by atoms with Gasteiger partial charge >= 0.3 is 18.0 Å². The maximum atomic E-state index is 12.6. The smallest absolute Gasteiger partial charge is 0.332 e. The predicted molar refractivity (Wildman–Crippen MR) is 93.4 cm³/mol. The van der Waals surface area contributed by atoms with E-state index in [1.54, 1.807) is 5.41 Å². The molecule has 0 aliphatic carbocycles. The van der Waals surface area contributed by atoms with E-state index in [-0.39, 0.29) is 25.5 Å². The molecule has 0 aromatic carbocycles. The van der Waals surface area contributed by atoms with Crippen LogP contribution in [0.25, 0.3) is 0 Å². The minimum Gasteiger partial charge on any atom is -0.479 e. The number of methoxy groups -OCH3 is 1. The molecule has 27 heavy (non-hydrogen) atoms.